The summed E-state index contributed by atoms with van der Waals surface area (Å²) < 4.78 is 10.7. The average molecular weight is 357 g/mol. The summed E-state index contributed by atoms with van der Waals surface area (Å²) in [4.78, 5) is 24.3. The van der Waals surface area contributed by atoms with Crippen LogP contribution in [0.4, 0.5) is 0 Å². The number of carbonyl (C=O) groups is 2. The lowest BCUT2D eigenvalue weighted by molar-refractivity contribution is -0.145. The molecule has 3 N–H and O–H groups in total. The number of ether oxygens (including phenoxy) is 2. The smallest absolute Gasteiger partial charge is 0.315 e. The Kier molecular flexibility index (Phi) is 8.74. The molecule has 0 bridgehead atoms. The molecule has 2 rings (SSSR count). The first-order valence-corrected chi connectivity index (χ1v) is 8.00. The maximum absolute atomic E-state index is 12.2. The first-order valence-electron chi connectivity index (χ1n) is 8.00. The van der Waals surface area contributed by atoms with Gasteiger partial charge in [-0.15, -0.1) is 12.4 Å². The number of hydrogen-bond donors (Lipinski definition) is 2. The third-order valence-electron chi connectivity index (χ3n) is 3.92. The summed E-state index contributed by atoms with van der Waals surface area (Å²) >= 11 is 0. The van der Waals surface area contributed by atoms with E-state index < -0.39 is 12.0 Å². The van der Waals surface area contributed by atoms with Crippen molar-refractivity contribution in [3.8, 4) is 0 Å². The van der Waals surface area contributed by atoms with Gasteiger partial charge in [0.25, 0.3) is 0 Å². The van der Waals surface area contributed by atoms with Crippen molar-refractivity contribution in [1.82, 2.24) is 5.32 Å². The van der Waals surface area contributed by atoms with Crippen molar-refractivity contribution < 1.29 is 19.1 Å². The van der Waals surface area contributed by atoms with Crippen LogP contribution in [0.3, 0.4) is 0 Å². The molecule has 0 aliphatic carbocycles. The van der Waals surface area contributed by atoms with Crippen molar-refractivity contribution in [3.63, 3.8) is 0 Å². The number of nitrogens with two attached hydrogens (primary N) is 1. The van der Waals surface area contributed by atoms with Crippen molar-refractivity contribution in [3.05, 3.63) is 35.9 Å². The molecule has 1 heterocycles. The number of hydrogen-bond acceptors (Lipinski definition) is 5. The number of amides is 1. The van der Waals surface area contributed by atoms with Crippen LogP contribution in [0.25, 0.3) is 0 Å². The Bertz CT molecular complexity index is 527. The molecule has 3 atom stereocenters. The average Bonchev–Trinajstić information content (AvgIpc) is 3.05. The van der Waals surface area contributed by atoms with Gasteiger partial charge in [0.05, 0.1) is 18.6 Å². The van der Waals surface area contributed by atoms with Gasteiger partial charge >= 0.3 is 5.97 Å². The maximum atomic E-state index is 12.2. The Hall–Kier alpha value is -1.63. The molecule has 1 fully saturated rings. The summed E-state index contributed by atoms with van der Waals surface area (Å²) in [5.74, 6) is -1.07. The monoisotopic (exact) mass is 356 g/mol. The van der Waals surface area contributed by atoms with Gasteiger partial charge in [-0.05, 0) is 25.3 Å². The molecule has 7 heteroatoms. The highest BCUT2D eigenvalue weighted by atomic mass is 35.5. The molecular formula is C17H25ClN2O4. The quantitative estimate of drug-likeness (QED) is 0.720. The molecule has 0 aromatic heterocycles. The zero-order valence-corrected chi connectivity index (χ0v) is 14.6. The van der Waals surface area contributed by atoms with Crippen LogP contribution in [0, 0.1) is 0 Å². The van der Waals surface area contributed by atoms with E-state index in [9.17, 15) is 9.59 Å². The van der Waals surface area contributed by atoms with Gasteiger partial charge in [0.1, 0.15) is 6.10 Å². The lowest BCUT2D eigenvalue weighted by atomic mass is 9.99. The van der Waals surface area contributed by atoms with Gasteiger partial charge in [0.2, 0.25) is 5.91 Å². The number of halogens is 1. The lowest BCUT2D eigenvalue weighted by Gasteiger charge is -2.18. The number of benzene rings is 1. The molecule has 1 aliphatic heterocycles. The van der Waals surface area contributed by atoms with Crippen LogP contribution in [0.5, 0.6) is 0 Å². The Balaban J connectivity index is 0.00000288. The second kappa shape index (κ2) is 10.3. The predicted octanol–water partition coefficient (Wildman–Crippen LogP) is 1.38. The van der Waals surface area contributed by atoms with Crippen LogP contribution in [-0.4, -0.2) is 43.8 Å². The first-order chi connectivity index (χ1) is 11.2. The largest absolute Gasteiger partial charge is 0.465 e. The second-order valence-corrected chi connectivity index (χ2v) is 5.52. The third-order valence-corrected chi connectivity index (χ3v) is 3.92. The third kappa shape index (κ3) is 5.47. The molecule has 1 amide bonds. The predicted molar refractivity (Wildman–Crippen MR) is 93.0 cm³/mol. The van der Waals surface area contributed by atoms with Crippen LogP contribution in [0.1, 0.15) is 31.2 Å². The van der Waals surface area contributed by atoms with E-state index in [1.807, 2.05) is 30.3 Å². The molecule has 1 saturated heterocycles. The van der Waals surface area contributed by atoms with E-state index in [-0.39, 0.29) is 36.9 Å². The van der Waals surface area contributed by atoms with Crippen molar-refractivity contribution in [1.29, 1.82) is 0 Å². The molecule has 134 valence electrons. The number of nitrogens with one attached hydrogen (secondary N) is 1. The summed E-state index contributed by atoms with van der Waals surface area (Å²) in [6.45, 7) is 2.67. The maximum Gasteiger partial charge on any atom is 0.315 e. The summed E-state index contributed by atoms with van der Waals surface area (Å²) in [6, 6.07) is 9.29. The Labute approximate surface area is 148 Å². The molecular weight excluding hydrogens is 332 g/mol. The van der Waals surface area contributed by atoms with Crippen molar-refractivity contribution >= 4 is 24.3 Å². The molecule has 24 heavy (non-hydrogen) atoms. The molecule has 0 saturated carbocycles. The fourth-order valence-corrected chi connectivity index (χ4v) is 2.65. The highest BCUT2D eigenvalue weighted by molar-refractivity contribution is 5.85. The van der Waals surface area contributed by atoms with E-state index >= 15 is 0 Å². The van der Waals surface area contributed by atoms with Gasteiger partial charge in [0.15, 0.2) is 0 Å². The number of rotatable bonds is 7. The Morgan fingerprint density at radius 3 is 2.62 bits per heavy atom. The molecule has 6 nitrogen and oxygen atoms in total. The highest BCUT2D eigenvalue weighted by Gasteiger charge is 2.31. The summed E-state index contributed by atoms with van der Waals surface area (Å²) in [5.41, 5.74) is 6.37. The molecule has 1 aliphatic rings. The van der Waals surface area contributed by atoms with E-state index in [0.717, 1.165) is 12.0 Å². The zero-order valence-electron chi connectivity index (χ0n) is 13.8. The van der Waals surface area contributed by atoms with E-state index in [0.29, 0.717) is 19.6 Å². The van der Waals surface area contributed by atoms with Crippen LogP contribution in [0.2, 0.25) is 0 Å². The van der Waals surface area contributed by atoms with Crippen LogP contribution in [0.15, 0.2) is 30.3 Å². The van der Waals surface area contributed by atoms with Gasteiger partial charge in [-0.25, -0.2) is 0 Å². The molecule has 1 unspecified atom stereocenters. The van der Waals surface area contributed by atoms with Crippen LogP contribution >= 0.6 is 12.4 Å². The first kappa shape index (κ1) is 20.4. The van der Waals surface area contributed by atoms with Crippen LogP contribution in [-0.2, 0) is 19.1 Å². The summed E-state index contributed by atoms with van der Waals surface area (Å²) in [6.07, 6.45) is 0.903. The van der Waals surface area contributed by atoms with E-state index in [1.54, 1.807) is 6.92 Å². The van der Waals surface area contributed by atoms with E-state index in [2.05, 4.69) is 5.32 Å². The van der Waals surface area contributed by atoms with Gasteiger partial charge in [-0.1, -0.05) is 30.3 Å². The van der Waals surface area contributed by atoms with Crippen molar-refractivity contribution in [2.45, 2.75) is 37.9 Å². The molecule has 0 radical (unpaired) electrons. The number of esters is 1. The standard InChI is InChI=1S/C17H24N2O4.ClH/c1-2-22-17(21)14(12-6-4-3-5-7-12)11-19-16(20)15-9-8-13(10-18)23-15;/h3-7,13-15H,2,8-11,18H2,1H3,(H,19,20);1H/t13-,14?,15+;/m1./s1. The van der Waals surface area contributed by atoms with Crippen molar-refractivity contribution in [2.75, 3.05) is 19.7 Å². The zero-order chi connectivity index (χ0) is 16.7. The fourth-order valence-electron chi connectivity index (χ4n) is 2.65. The molecule has 1 aromatic carbocycles. The summed E-state index contributed by atoms with van der Waals surface area (Å²) in [7, 11) is 0. The molecule has 1 aromatic rings. The Morgan fingerprint density at radius 1 is 1.33 bits per heavy atom. The Morgan fingerprint density at radius 2 is 2.04 bits per heavy atom. The minimum absolute atomic E-state index is 0. The lowest BCUT2D eigenvalue weighted by Crippen LogP contribution is -2.39. The highest BCUT2D eigenvalue weighted by Crippen LogP contribution is 2.20. The van der Waals surface area contributed by atoms with E-state index in [4.69, 9.17) is 15.2 Å². The van der Waals surface area contributed by atoms with Gasteiger partial charge in [0, 0.05) is 13.1 Å². The number of carbonyl (C=O) groups excluding carboxylic acids is 2. The summed E-state index contributed by atoms with van der Waals surface area (Å²) in [5, 5.41) is 2.80. The SMILES string of the molecule is CCOC(=O)C(CNC(=O)[C@@H]1CC[C@H](CN)O1)c1ccccc1.Cl. The van der Waals surface area contributed by atoms with E-state index in [1.165, 1.54) is 0 Å². The van der Waals surface area contributed by atoms with Crippen LogP contribution < -0.4 is 11.1 Å². The van der Waals surface area contributed by atoms with Gasteiger partial charge in [-0.2, -0.15) is 0 Å². The minimum Gasteiger partial charge on any atom is -0.465 e. The fraction of sp³-hybridized carbons (Fsp3) is 0.529. The van der Waals surface area contributed by atoms with Gasteiger partial charge in [-0.3, -0.25) is 9.59 Å². The topological polar surface area (TPSA) is 90.7 Å². The van der Waals surface area contributed by atoms with Crippen molar-refractivity contribution in [2.24, 2.45) is 5.73 Å². The normalized spacial score (nSPS) is 20.8. The minimum atomic E-state index is -0.521. The molecule has 0 spiro atoms. The second-order valence-electron chi connectivity index (χ2n) is 5.52. The van der Waals surface area contributed by atoms with Gasteiger partial charge < -0.3 is 20.5 Å².